The molecule has 0 saturated carbocycles. The molecule has 6 aromatic rings. The van der Waals surface area contributed by atoms with Crippen LogP contribution in [0.5, 0.6) is 0 Å². The van der Waals surface area contributed by atoms with E-state index in [-0.39, 0.29) is 36.0 Å². The first kappa shape index (κ1) is 47.1. The van der Waals surface area contributed by atoms with E-state index < -0.39 is 0 Å². The third kappa shape index (κ3) is 10.6. The first-order valence-electron chi connectivity index (χ1n) is 19.4. The number of hydrogen-bond donors (Lipinski definition) is 5. The molecule has 0 bridgehead atoms. The van der Waals surface area contributed by atoms with Gasteiger partial charge in [0.25, 0.3) is 22.9 Å². The average molecular weight is 894 g/mol. The van der Waals surface area contributed by atoms with Crippen LogP contribution in [0.15, 0.2) is 73.2 Å². The van der Waals surface area contributed by atoms with Crippen molar-refractivity contribution in [2.45, 2.75) is 95.4 Å². The van der Waals surface area contributed by atoms with Gasteiger partial charge < -0.3 is 20.6 Å². The van der Waals surface area contributed by atoms with Crippen LogP contribution in [0.4, 0.5) is 0 Å². The molecule has 0 saturated heterocycles. The summed E-state index contributed by atoms with van der Waals surface area (Å²) in [5.74, 6) is -0.404. The molecule has 13 nitrogen and oxygen atoms in total. The molecule has 0 aliphatic rings. The number of benzene rings is 2. The summed E-state index contributed by atoms with van der Waals surface area (Å²) in [6.07, 6.45) is 3.69. The third-order valence-electron chi connectivity index (χ3n) is 10.3. The van der Waals surface area contributed by atoms with Gasteiger partial charge in [0.05, 0.1) is 23.8 Å². The van der Waals surface area contributed by atoms with Gasteiger partial charge in [0.15, 0.2) is 0 Å². The number of carbonyl (C=O) groups is 2. The van der Waals surface area contributed by atoms with Crippen LogP contribution in [-0.4, -0.2) is 49.0 Å². The number of thiol groups is 1. The van der Waals surface area contributed by atoms with Gasteiger partial charge in [-0.15, -0.1) is 0 Å². The Labute approximate surface area is 365 Å². The van der Waals surface area contributed by atoms with Crippen molar-refractivity contribution >= 4 is 48.2 Å². The fraction of sp³-hybridized carbons (Fsp3) is 0.318. The van der Waals surface area contributed by atoms with Crippen LogP contribution < -0.4 is 21.8 Å². The number of carbonyl (C=O) groups excluding carboxylic acids is 2. The van der Waals surface area contributed by atoms with E-state index in [1.165, 1.54) is 0 Å². The maximum atomic E-state index is 12.9. The summed E-state index contributed by atoms with van der Waals surface area (Å²) >= 11 is 6.68. The molecule has 4 N–H and O–H groups in total. The number of nitrogens with one attached hydrogen (secondary N) is 4. The van der Waals surface area contributed by atoms with E-state index in [0.717, 1.165) is 84.8 Å². The number of aromatic amines is 2. The van der Waals surface area contributed by atoms with Crippen LogP contribution in [0, 0.1) is 55.4 Å². The van der Waals surface area contributed by atoms with Crippen LogP contribution in [0.2, 0.25) is 0 Å². The van der Waals surface area contributed by atoms with E-state index in [4.69, 9.17) is 0 Å². The van der Waals surface area contributed by atoms with Gasteiger partial charge in [0.1, 0.15) is 0 Å². The fourth-order valence-electron chi connectivity index (χ4n) is 7.14. The number of hydrogen-bond acceptors (Lipinski definition) is 8. The summed E-state index contributed by atoms with van der Waals surface area (Å²) in [6.45, 7) is 21.3. The van der Waals surface area contributed by atoms with Gasteiger partial charge in [-0.25, -0.2) is 0 Å². The van der Waals surface area contributed by atoms with Gasteiger partial charge in [-0.2, -0.15) is 10.2 Å². The van der Waals surface area contributed by atoms with Crippen molar-refractivity contribution in [3.05, 3.63) is 147 Å². The molecule has 0 fully saturated rings. The molecule has 0 atom stereocenters. The van der Waals surface area contributed by atoms with Gasteiger partial charge in [0, 0.05) is 75.4 Å². The van der Waals surface area contributed by atoms with Crippen molar-refractivity contribution in [1.29, 1.82) is 0 Å². The Morgan fingerprint density at radius 2 is 1.15 bits per heavy atom. The molecule has 4 aromatic heterocycles. The fourth-order valence-corrected chi connectivity index (χ4v) is 7.48. The number of H-pyrrole nitrogens is 2. The average Bonchev–Trinajstić information content (AvgIpc) is 3.77. The zero-order chi connectivity index (χ0) is 44.4. The Kier molecular flexibility index (Phi) is 16.5. The molecule has 0 aliphatic heterocycles. The third-order valence-corrected chi connectivity index (χ3v) is 11.5. The summed E-state index contributed by atoms with van der Waals surface area (Å²) in [5, 5.41) is 14.6. The van der Waals surface area contributed by atoms with Gasteiger partial charge >= 0.3 is 24.8 Å². The Bertz CT molecular complexity index is 2660. The zero-order valence-corrected chi connectivity index (χ0v) is 38.3. The Morgan fingerprint density at radius 1 is 0.717 bits per heavy atom. The molecule has 313 valence electrons. The molecule has 16 heteroatoms. The van der Waals surface area contributed by atoms with Crippen LogP contribution in [-0.2, 0) is 26.2 Å². The van der Waals surface area contributed by atoms with E-state index in [2.05, 4.69) is 71.5 Å². The van der Waals surface area contributed by atoms with Gasteiger partial charge in [-0.05, 0) is 137 Å². The molecule has 2 amide bonds. The molecule has 0 unspecified atom stereocenters. The molecule has 0 spiro atoms. The second-order valence-electron chi connectivity index (χ2n) is 14.4. The molecule has 6 rings (SSSR count). The number of amides is 2. The molecule has 4 heterocycles. The predicted octanol–water partition coefficient (Wildman–Crippen LogP) is 7.79. The molecule has 2 aromatic carbocycles. The van der Waals surface area contributed by atoms with Crippen LogP contribution in [0.3, 0.4) is 0 Å². The SMILES string of the molecule is CCn1ncc(C)c1-c1cccc(C(=O)NCc2c(C)c(Br)c(C)[nH]c2=O)c1C.CCn1ncc(C)c1-c1cccc(C(=O)NCc2c(C)cc(C)[nH]c2=O)c1C.[B]=NS. The molecular weight excluding hydrogens is 841 g/mol. The van der Waals surface area contributed by atoms with E-state index in [1.807, 2.05) is 127 Å². The number of pyridine rings is 2. The first-order chi connectivity index (χ1) is 28.5. The summed E-state index contributed by atoms with van der Waals surface area (Å²) in [5.41, 5.74) is 13.2. The minimum absolute atomic E-state index is 0.161. The standard InChI is InChI=1S/C22H25BrN4O2.C22H26N4O2.BHNS/c1-6-27-20(12(2)10-25-27)16-8-7-9-17(13(16)3)21(28)24-11-18-14(4)19(23)15(5)26-22(18)29;1-6-26-20(14(3)11-24-26)17-8-7-9-18(16(17)5)21(27)23-12-19-13(2)10-15(4)25-22(19)28;1-2-3/h7-10H,6,11H2,1-5H3,(H,24,28)(H,26,29);7-11H,6,12H2,1-5H3,(H,23,27)(H,25,28);3H. The van der Waals surface area contributed by atoms with Crippen molar-refractivity contribution in [1.82, 2.24) is 40.2 Å². The van der Waals surface area contributed by atoms with Crippen molar-refractivity contribution in [3.8, 4) is 22.5 Å². The summed E-state index contributed by atoms with van der Waals surface area (Å²) in [4.78, 5) is 55.8. The number of aromatic nitrogens is 6. The van der Waals surface area contributed by atoms with Crippen LogP contribution in [0.1, 0.15) is 90.5 Å². The summed E-state index contributed by atoms with van der Waals surface area (Å²) < 4.78 is 7.42. The molecule has 60 heavy (non-hydrogen) atoms. The number of nitrogens with zero attached hydrogens (tertiary/aromatic N) is 5. The van der Waals surface area contributed by atoms with Crippen LogP contribution >= 0.6 is 28.7 Å². The Balaban J connectivity index is 0.000000249. The molecule has 0 aliphatic carbocycles. The maximum absolute atomic E-state index is 12.9. The second kappa shape index (κ2) is 21.1. The van der Waals surface area contributed by atoms with E-state index >= 15 is 0 Å². The molecular formula is C44H52BBrN9O4S. The van der Waals surface area contributed by atoms with Crippen molar-refractivity contribution in [3.63, 3.8) is 0 Å². The number of halogens is 1. The Hall–Kier alpha value is -5.61. The zero-order valence-electron chi connectivity index (χ0n) is 35.8. The molecule has 1 radical (unpaired) electrons. The summed E-state index contributed by atoms with van der Waals surface area (Å²) in [7, 11) is 4.34. The monoisotopic (exact) mass is 892 g/mol. The first-order valence-corrected chi connectivity index (χ1v) is 20.6. The number of aryl methyl sites for hydroxylation is 7. The second-order valence-corrected chi connectivity index (χ2v) is 15.4. The topological polar surface area (TPSA) is 172 Å². The van der Waals surface area contributed by atoms with Crippen molar-refractivity contribution in [2.24, 2.45) is 4.30 Å². The summed E-state index contributed by atoms with van der Waals surface area (Å²) in [6, 6.07) is 13.3. The van der Waals surface area contributed by atoms with E-state index in [9.17, 15) is 19.2 Å². The van der Waals surface area contributed by atoms with Crippen LogP contribution in [0.25, 0.3) is 22.5 Å². The van der Waals surface area contributed by atoms with Gasteiger partial charge in [0.2, 0.25) is 0 Å². The predicted molar refractivity (Wildman–Crippen MR) is 246 cm³/mol. The van der Waals surface area contributed by atoms with E-state index in [0.29, 0.717) is 22.3 Å². The normalized spacial score (nSPS) is 10.6. The number of rotatable bonds is 10. The van der Waals surface area contributed by atoms with Gasteiger partial charge in [-0.1, -0.05) is 24.3 Å². The quantitative estimate of drug-likeness (QED) is 0.0694. The van der Waals surface area contributed by atoms with Crippen molar-refractivity contribution in [2.75, 3.05) is 0 Å². The minimum atomic E-state index is -0.208. The van der Waals surface area contributed by atoms with E-state index in [1.54, 1.807) is 6.07 Å². The van der Waals surface area contributed by atoms with Gasteiger partial charge in [-0.3, -0.25) is 28.5 Å². The van der Waals surface area contributed by atoms with Crippen molar-refractivity contribution < 1.29 is 9.59 Å². The Morgan fingerprint density at radius 3 is 1.58 bits per heavy atom.